The molecule has 0 atom stereocenters. The second-order valence-electron chi connectivity index (χ2n) is 4.00. The molecule has 1 saturated carbocycles. The largest absolute Gasteiger partial charge is 0.314 e. The molecule has 1 aliphatic carbocycles. The first kappa shape index (κ1) is 11.7. The van der Waals surface area contributed by atoms with E-state index in [9.17, 15) is 9.18 Å². The summed E-state index contributed by atoms with van der Waals surface area (Å²) in [6.45, 7) is 0.634. The van der Waals surface area contributed by atoms with Crippen molar-refractivity contribution in [3.8, 4) is 0 Å². The van der Waals surface area contributed by atoms with E-state index in [1.165, 1.54) is 18.9 Å². The van der Waals surface area contributed by atoms with E-state index in [0.29, 0.717) is 23.5 Å². The van der Waals surface area contributed by atoms with Crippen LogP contribution in [0.1, 0.15) is 29.6 Å². The summed E-state index contributed by atoms with van der Waals surface area (Å²) in [7, 11) is 0. The van der Waals surface area contributed by atoms with Gasteiger partial charge < -0.3 is 5.32 Å². The quantitative estimate of drug-likeness (QED) is 0.843. The van der Waals surface area contributed by atoms with Crippen molar-refractivity contribution in [3.63, 3.8) is 0 Å². The Hall–Kier alpha value is -0.740. The van der Waals surface area contributed by atoms with E-state index in [2.05, 4.69) is 21.2 Å². The highest BCUT2D eigenvalue weighted by Crippen LogP contribution is 2.20. The average molecular weight is 286 g/mol. The van der Waals surface area contributed by atoms with E-state index in [0.717, 1.165) is 0 Å². The Balaban J connectivity index is 1.93. The molecule has 4 heteroatoms. The lowest BCUT2D eigenvalue weighted by atomic mass is 10.1. The van der Waals surface area contributed by atoms with Crippen molar-refractivity contribution in [2.45, 2.75) is 25.3 Å². The number of Topliss-reactive ketones (excluding diaryl/α,β-unsaturated/α-hetero) is 1. The number of ketones is 1. The van der Waals surface area contributed by atoms with E-state index in [1.807, 2.05) is 0 Å². The molecule has 1 N–H and O–H groups in total. The van der Waals surface area contributed by atoms with Crippen LogP contribution in [0.4, 0.5) is 4.39 Å². The lowest BCUT2D eigenvalue weighted by Crippen LogP contribution is -2.20. The van der Waals surface area contributed by atoms with Gasteiger partial charge in [0.2, 0.25) is 0 Å². The van der Waals surface area contributed by atoms with Crippen molar-refractivity contribution >= 4 is 21.7 Å². The zero-order chi connectivity index (χ0) is 11.5. The Bertz CT molecular complexity index is 404. The Morgan fingerprint density at radius 1 is 1.50 bits per heavy atom. The number of benzene rings is 1. The molecule has 0 saturated heterocycles. The highest BCUT2D eigenvalue weighted by Gasteiger charge is 2.20. The van der Waals surface area contributed by atoms with Crippen LogP contribution in [0, 0.1) is 5.82 Å². The standard InChI is InChI=1S/C12H13BrFNO/c13-10-3-1-2-9(12(10)14)11(16)6-7-15-8-4-5-8/h1-3,8,15H,4-7H2. The summed E-state index contributed by atoms with van der Waals surface area (Å²) < 4.78 is 13.9. The van der Waals surface area contributed by atoms with Crippen LogP contribution < -0.4 is 5.32 Å². The second kappa shape index (κ2) is 5.06. The molecular weight excluding hydrogens is 273 g/mol. The van der Waals surface area contributed by atoms with Gasteiger partial charge in [-0.2, -0.15) is 0 Å². The highest BCUT2D eigenvalue weighted by atomic mass is 79.9. The minimum Gasteiger partial charge on any atom is -0.314 e. The van der Waals surface area contributed by atoms with Gasteiger partial charge in [0.05, 0.1) is 10.0 Å². The Labute approximate surface area is 102 Å². The van der Waals surface area contributed by atoms with E-state index >= 15 is 0 Å². The van der Waals surface area contributed by atoms with E-state index in [-0.39, 0.29) is 11.3 Å². The monoisotopic (exact) mass is 285 g/mol. The molecule has 0 heterocycles. The Morgan fingerprint density at radius 3 is 2.94 bits per heavy atom. The Kier molecular flexibility index (Phi) is 3.71. The van der Waals surface area contributed by atoms with Crippen LogP contribution in [0.3, 0.4) is 0 Å². The first-order valence-corrected chi connectivity index (χ1v) is 6.18. The summed E-state index contributed by atoms with van der Waals surface area (Å²) >= 11 is 3.07. The van der Waals surface area contributed by atoms with Crippen molar-refractivity contribution in [2.24, 2.45) is 0 Å². The van der Waals surface area contributed by atoms with Gasteiger partial charge in [0.1, 0.15) is 5.82 Å². The second-order valence-corrected chi connectivity index (χ2v) is 4.86. The van der Waals surface area contributed by atoms with Crippen LogP contribution in [0.15, 0.2) is 22.7 Å². The zero-order valence-electron chi connectivity index (χ0n) is 8.80. The lowest BCUT2D eigenvalue weighted by molar-refractivity contribution is 0.0978. The number of carbonyl (C=O) groups is 1. The maximum absolute atomic E-state index is 13.6. The van der Waals surface area contributed by atoms with Gasteiger partial charge in [-0.15, -0.1) is 0 Å². The van der Waals surface area contributed by atoms with E-state index < -0.39 is 5.82 Å². The number of halogens is 2. The third kappa shape index (κ3) is 2.89. The predicted octanol–water partition coefficient (Wildman–Crippen LogP) is 2.91. The SMILES string of the molecule is O=C(CCNC1CC1)c1cccc(Br)c1F. The fraction of sp³-hybridized carbons (Fsp3) is 0.417. The number of nitrogens with one attached hydrogen (secondary N) is 1. The highest BCUT2D eigenvalue weighted by molar-refractivity contribution is 9.10. The number of hydrogen-bond acceptors (Lipinski definition) is 2. The van der Waals surface area contributed by atoms with Gasteiger partial charge in [-0.25, -0.2) is 4.39 Å². The number of hydrogen-bond donors (Lipinski definition) is 1. The summed E-state index contributed by atoms with van der Waals surface area (Å²) in [5.74, 6) is -0.606. The summed E-state index contributed by atoms with van der Waals surface area (Å²) in [6, 6.07) is 5.38. The first-order valence-electron chi connectivity index (χ1n) is 5.39. The van der Waals surface area contributed by atoms with Crippen molar-refractivity contribution in [1.29, 1.82) is 0 Å². The molecular formula is C12H13BrFNO. The molecule has 2 rings (SSSR count). The van der Waals surface area contributed by atoms with Crippen molar-refractivity contribution in [1.82, 2.24) is 5.32 Å². The molecule has 86 valence electrons. The molecule has 0 unspecified atom stereocenters. The van der Waals surface area contributed by atoms with Crippen molar-refractivity contribution in [2.75, 3.05) is 6.54 Å². The smallest absolute Gasteiger partial charge is 0.167 e. The molecule has 1 aromatic rings. The third-order valence-electron chi connectivity index (χ3n) is 2.61. The van der Waals surface area contributed by atoms with Crippen molar-refractivity contribution in [3.05, 3.63) is 34.1 Å². The number of rotatable bonds is 5. The van der Waals surface area contributed by atoms with Gasteiger partial charge in [0.15, 0.2) is 5.78 Å². The normalized spacial score (nSPS) is 15.1. The van der Waals surface area contributed by atoms with Crippen LogP contribution in [0.25, 0.3) is 0 Å². The molecule has 2 nitrogen and oxygen atoms in total. The van der Waals surface area contributed by atoms with E-state index in [4.69, 9.17) is 0 Å². The molecule has 0 aromatic heterocycles. The van der Waals surface area contributed by atoms with Crippen LogP contribution in [0.5, 0.6) is 0 Å². The van der Waals surface area contributed by atoms with Gasteiger partial charge in [-0.1, -0.05) is 6.07 Å². The molecule has 16 heavy (non-hydrogen) atoms. The lowest BCUT2D eigenvalue weighted by Gasteiger charge is -2.04. The van der Waals surface area contributed by atoms with Gasteiger partial charge in [0.25, 0.3) is 0 Å². The fourth-order valence-electron chi connectivity index (χ4n) is 1.53. The maximum Gasteiger partial charge on any atom is 0.167 e. The van der Waals surface area contributed by atoms with Gasteiger partial charge in [0, 0.05) is 19.0 Å². The molecule has 0 aliphatic heterocycles. The molecule has 0 amide bonds. The molecule has 1 aliphatic rings. The molecule has 1 aromatic carbocycles. The van der Waals surface area contributed by atoms with Crippen molar-refractivity contribution < 1.29 is 9.18 Å². The summed E-state index contributed by atoms with van der Waals surface area (Å²) in [5.41, 5.74) is 0.173. The van der Waals surface area contributed by atoms with Gasteiger partial charge in [-0.3, -0.25) is 4.79 Å². The van der Waals surface area contributed by atoms with Crippen LogP contribution in [0.2, 0.25) is 0 Å². The van der Waals surface area contributed by atoms with Crippen LogP contribution in [-0.2, 0) is 0 Å². The minimum absolute atomic E-state index is 0.146. The van der Waals surface area contributed by atoms with Crippen LogP contribution in [-0.4, -0.2) is 18.4 Å². The summed E-state index contributed by atoms with van der Waals surface area (Å²) in [6.07, 6.45) is 2.74. The number of carbonyl (C=O) groups excluding carboxylic acids is 1. The third-order valence-corrected chi connectivity index (χ3v) is 3.23. The zero-order valence-corrected chi connectivity index (χ0v) is 10.4. The predicted molar refractivity (Wildman–Crippen MR) is 64.1 cm³/mol. The summed E-state index contributed by atoms with van der Waals surface area (Å²) in [4.78, 5) is 11.7. The first-order chi connectivity index (χ1) is 7.68. The minimum atomic E-state index is -0.459. The summed E-state index contributed by atoms with van der Waals surface area (Å²) in [5, 5.41) is 3.24. The molecule has 0 radical (unpaired) electrons. The maximum atomic E-state index is 13.6. The topological polar surface area (TPSA) is 29.1 Å². The van der Waals surface area contributed by atoms with Gasteiger partial charge >= 0.3 is 0 Å². The average Bonchev–Trinajstić information content (AvgIpc) is 3.06. The van der Waals surface area contributed by atoms with E-state index in [1.54, 1.807) is 12.1 Å². The van der Waals surface area contributed by atoms with Crippen LogP contribution >= 0.6 is 15.9 Å². The molecule has 0 spiro atoms. The molecule has 1 fully saturated rings. The molecule has 0 bridgehead atoms. The van der Waals surface area contributed by atoms with Gasteiger partial charge in [-0.05, 0) is 40.9 Å². The fourth-order valence-corrected chi connectivity index (χ4v) is 1.90. The Morgan fingerprint density at radius 2 is 2.25 bits per heavy atom.